The lowest BCUT2D eigenvalue weighted by Gasteiger charge is -2.30. The molecule has 0 aliphatic carbocycles. The van der Waals surface area contributed by atoms with Gasteiger partial charge in [-0.1, -0.05) is 11.2 Å². The van der Waals surface area contributed by atoms with Crippen LogP contribution in [0.3, 0.4) is 0 Å². The Balaban J connectivity index is 1.69. The SMILES string of the molecule is O=C(O)C[C@@H]1CCNC[C@@H]1Cc1cc(-c2ccccn2)on1. The maximum Gasteiger partial charge on any atom is 0.303 e. The first-order chi connectivity index (χ1) is 10.7. The highest BCUT2D eigenvalue weighted by atomic mass is 16.5. The van der Waals surface area contributed by atoms with Crippen molar-refractivity contribution in [2.45, 2.75) is 19.3 Å². The summed E-state index contributed by atoms with van der Waals surface area (Å²) in [5.41, 5.74) is 1.61. The lowest BCUT2D eigenvalue weighted by molar-refractivity contribution is -0.138. The summed E-state index contributed by atoms with van der Waals surface area (Å²) < 4.78 is 5.36. The van der Waals surface area contributed by atoms with Crippen molar-refractivity contribution in [3.05, 3.63) is 36.2 Å². The van der Waals surface area contributed by atoms with Gasteiger partial charge in [-0.2, -0.15) is 0 Å². The topological polar surface area (TPSA) is 88.2 Å². The first kappa shape index (κ1) is 14.7. The minimum absolute atomic E-state index is 0.189. The average Bonchev–Trinajstić information content (AvgIpc) is 2.98. The van der Waals surface area contributed by atoms with E-state index in [-0.39, 0.29) is 18.3 Å². The van der Waals surface area contributed by atoms with Gasteiger partial charge in [-0.15, -0.1) is 0 Å². The Kier molecular flexibility index (Phi) is 4.48. The first-order valence-corrected chi connectivity index (χ1v) is 7.52. The van der Waals surface area contributed by atoms with Crippen molar-refractivity contribution >= 4 is 5.97 Å². The van der Waals surface area contributed by atoms with Gasteiger partial charge in [0.05, 0.1) is 5.69 Å². The molecule has 0 radical (unpaired) electrons. The summed E-state index contributed by atoms with van der Waals surface area (Å²) in [6.45, 7) is 1.70. The van der Waals surface area contributed by atoms with E-state index in [0.717, 1.165) is 37.3 Å². The van der Waals surface area contributed by atoms with Gasteiger partial charge in [0.15, 0.2) is 5.76 Å². The molecule has 2 aromatic heterocycles. The number of nitrogens with zero attached hydrogens (tertiary/aromatic N) is 2. The quantitative estimate of drug-likeness (QED) is 0.878. The van der Waals surface area contributed by atoms with Gasteiger partial charge in [0, 0.05) is 18.7 Å². The third-order valence-corrected chi connectivity index (χ3v) is 4.15. The zero-order chi connectivity index (χ0) is 15.4. The Hall–Kier alpha value is -2.21. The molecule has 2 N–H and O–H groups in total. The largest absolute Gasteiger partial charge is 0.481 e. The summed E-state index contributed by atoms with van der Waals surface area (Å²) in [7, 11) is 0. The van der Waals surface area contributed by atoms with Crippen LogP contribution in [-0.4, -0.2) is 34.3 Å². The molecule has 2 atom stereocenters. The van der Waals surface area contributed by atoms with Crippen molar-refractivity contribution in [3.8, 4) is 11.5 Å². The van der Waals surface area contributed by atoms with E-state index in [1.165, 1.54) is 0 Å². The van der Waals surface area contributed by atoms with Crippen molar-refractivity contribution in [2.24, 2.45) is 11.8 Å². The van der Waals surface area contributed by atoms with Gasteiger partial charge in [0.25, 0.3) is 0 Å². The maximum absolute atomic E-state index is 11.0. The molecule has 1 fully saturated rings. The fraction of sp³-hybridized carbons (Fsp3) is 0.438. The predicted molar refractivity (Wildman–Crippen MR) is 80.2 cm³/mol. The highest BCUT2D eigenvalue weighted by Gasteiger charge is 2.28. The van der Waals surface area contributed by atoms with Crippen LogP contribution in [0.5, 0.6) is 0 Å². The standard InChI is InChI=1S/C16H19N3O3/c20-16(21)8-11-4-6-17-10-12(11)7-13-9-15(22-19-13)14-3-1-2-5-18-14/h1-3,5,9,11-12,17H,4,6-8,10H2,(H,20,21)/t11-,12-/m0/s1. The summed E-state index contributed by atoms with van der Waals surface area (Å²) >= 11 is 0. The second-order valence-corrected chi connectivity index (χ2v) is 5.71. The summed E-state index contributed by atoms with van der Waals surface area (Å²) in [5, 5.41) is 16.5. The smallest absolute Gasteiger partial charge is 0.303 e. The summed E-state index contributed by atoms with van der Waals surface area (Å²) in [6, 6.07) is 7.53. The Bertz CT molecular complexity index is 627. The molecule has 2 aromatic rings. The predicted octanol–water partition coefficient (Wildman–Crippen LogP) is 1.98. The van der Waals surface area contributed by atoms with Crippen LogP contribution in [0.4, 0.5) is 0 Å². The van der Waals surface area contributed by atoms with E-state index in [2.05, 4.69) is 15.5 Å². The number of aliphatic carboxylic acids is 1. The normalized spacial score (nSPS) is 21.6. The monoisotopic (exact) mass is 301 g/mol. The Morgan fingerprint density at radius 1 is 1.41 bits per heavy atom. The van der Waals surface area contributed by atoms with Gasteiger partial charge < -0.3 is 14.9 Å². The lowest BCUT2D eigenvalue weighted by atomic mass is 9.81. The van der Waals surface area contributed by atoms with Gasteiger partial charge in [0.1, 0.15) is 5.69 Å². The van der Waals surface area contributed by atoms with Crippen molar-refractivity contribution in [1.82, 2.24) is 15.5 Å². The second kappa shape index (κ2) is 6.70. The molecular weight excluding hydrogens is 282 g/mol. The molecule has 0 bridgehead atoms. The van der Waals surface area contributed by atoms with Crippen LogP contribution in [0.2, 0.25) is 0 Å². The number of piperidine rings is 1. The Morgan fingerprint density at radius 2 is 2.32 bits per heavy atom. The molecule has 1 aliphatic rings. The van der Waals surface area contributed by atoms with Crippen LogP contribution in [0, 0.1) is 11.8 Å². The number of hydrogen-bond acceptors (Lipinski definition) is 5. The minimum atomic E-state index is -0.730. The van der Waals surface area contributed by atoms with Gasteiger partial charge >= 0.3 is 5.97 Å². The van der Waals surface area contributed by atoms with E-state index in [1.54, 1.807) is 6.20 Å². The lowest BCUT2D eigenvalue weighted by Crippen LogP contribution is -2.38. The maximum atomic E-state index is 11.0. The summed E-state index contributed by atoms with van der Waals surface area (Å²) in [6.07, 6.45) is 3.55. The number of carboxylic acid groups (broad SMARTS) is 1. The second-order valence-electron chi connectivity index (χ2n) is 5.71. The number of aromatic nitrogens is 2. The molecule has 0 aromatic carbocycles. The Labute approximate surface area is 128 Å². The molecule has 0 spiro atoms. The molecular formula is C16H19N3O3. The van der Waals surface area contributed by atoms with Gasteiger partial charge in [0.2, 0.25) is 0 Å². The average molecular weight is 301 g/mol. The van der Waals surface area contributed by atoms with E-state index in [1.807, 2.05) is 24.3 Å². The van der Waals surface area contributed by atoms with Crippen LogP contribution in [-0.2, 0) is 11.2 Å². The van der Waals surface area contributed by atoms with Crippen LogP contribution in [0.25, 0.3) is 11.5 Å². The fourth-order valence-electron chi connectivity index (χ4n) is 3.02. The molecule has 0 amide bonds. The molecule has 3 heterocycles. The van der Waals surface area contributed by atoms with Gasteiger partial charge in [-0.05, 0) is 49.9 Å². The number of pyridine rings is 1. The highest BCUT2D eigenvalue weighted by molar-refractivity contribution is 5.67. The van der Waals surface area contributed by atoms with Crippen LogP contribution >= 0.6 is 0 Å². The van der Waals surface area contributed by atoms with E-state index >= 15 is 0 Å². The van der Waals surface area contributed by atoms with Crippen molar-refractivity contribution in [1.29, 1.82) is 0 Å². The zero-order valence-corrected chi connectivity index (χ0v) is 12.2. The van der Waals surface area contributed by atoms with E-state index in [4.69, 9.17) is 9.63 Å². The number of hydrogen-bond donors (Lipinski definition) is 2. The molecule has 3 rings (SSSR count). The molecule has 22 heavy (non-hydrogen) atoms. The van der Waals surface area contributed by atoms with Crippen molar-refractivity contribution < 1.29 is 14.4 Å². The minimum Gasteiger partial charge on any atom is -0.481 e. The number of rotatable bonds is 5. The molecule has 0 unspecified atom stereocenters. The van der Waals surface area contributed by atoms with Gasteiger partial charge in [-0.25, -0.2) is 0 Å². The molecule has 1 aliphatic heterocycles. The summed E-state index contributed by atoms with van der Waals surface area (Å²) in [5.74, 6) is 0.376. The first-order valence-electron chi connectivity index (χ1n) is 7.52. The molecule has 6 nitrogen and oxygen atoms in total. The van der Waals surface area contributed by atoms with Crippen LogP contribution < -0.4 is 5.32 Å². The highest BCUT2D eigenvalue weighted by Crippen LogP contribution is 2.27. The van der Waals surface area contributed by atoms with Crippen molar-refractivity contribution in [3.63, 3.8) is 0 Å². The van der Waals surface area contributed by atoms with Gasteiger partial charge in [-0.3, -0.25) is 9.78 Å². The summed E-state index contributed by atoms with van der Waals surface area (Å²) in [4.78, 5) is 15.2. The Morgan fingerprint density at radius 3 is 3.09 bits per heavy atom. The molecule has 0 saturated carbocycles. The van der Waals surface area contributed by atoms with Crippen molar-refractivity contribution in [2.75, 3.05) is 13.1 Å². The number of carboxylic acids is 1. The molecule has 116 valence electrons. The van der Waals surface area contributed by atoms with E-state index in [0.29, 0.717) is 5.76 Å². The molecule has 1 saturated heterocycles. The third kappa shape index (κ3) is 3.51. The number of nitrogens with one attached hydrogen (secondary N) is 1. The third-order valence-electron chi connectivity index (χ3n) is 4.15. The van der Waals surface area contributed by atoms with E-state index < -0.39 is 5.97 Å². The zero-order valence-electron chi connectivity index (χ0n) is 12.2. The van der Waals surface area contributed by atoms with E-state index in [9.17, 15) is 4.79 Å². The fourth-order valence-corrected chi connectivity index (χ4v) is 3.02. The molecule has 6 heteroatoms. The number of carbonyl (C=O) groups is 1. The van der Waals surface area contributed by atoms with Crippen LogP contribution in [0.15, 0.2) is 35.0 Å². The van der Waals surface area contributed by atoms with Crippen LogP contribution in [0.1, 0.15) is 18.5 Å².